The fraction of sp³-hybridized carbons (Fsp3) is 0.238. The maximum atomic E-state index is 12.2. The van der Waals surface area contributed by atoms with Gasteiger partial charge in [0.15, 0.2) is 17.3 Å². The van der Waals surface area contributed by atoms with Crippen molar-refractivity contribution in [3.8, 4) is 11.5 Å². The van der Waals surface area contributed by atoms with E-state index in [0.29, 0.717) is 35.4 Å². The number of fused-ring (bicyclic) bond motifs is 1. The minimum absolute atomic E-state index is 0.0736. The molecule has 1 aromatic heterocycles. The van der Waals surface area contributed by atoms with Crippen LogP contribution in [0.5, 0.6) is 11.5 Å². The highest BCUT2D eigenvalue weighted by Crippen LogP contribution is 2.44. The zero-order chi connectivity index (χ0) is 19.7. The number of para-hydroxylation sites is 1. The molecular formula is C21H20ClN3O3. The lowest BCUT2D eigenvalue weighted by molar-refractivity contribution is -0.116. The molecule has 1 aliphatic rings. The van der Waals surface area contributed by atoms with E-state index < -0.39 is 0 Å². The fourth-order valence-corrected chi connectivity index (χ4v) is 3.68. The van der Waals surface area contributed by atoms with Gasteiger partial charge in [0, 0.05) is 34.2 Å². The molecule has 0 bridgehead atoms. The Bertz CT molecular complexity index is 1010. The molecule has 0 saturated carbocycles. The summed E-state index contributed by atoms with van der Waals surface area (Å²) in [4.78, 5) is 12.2. The second kappa shape index (κ2) is 7.56. The molecule has 0 fully saturated rings. The molecule has 2 aromatic carbocycles. The highest BCUT2D eigenvalue weighted by atomic mass is 35.5. The number of anilines is 1. The fourth-order valence-electron chi connectivity index (χ4n) is 3.55. The Labute approximate surface area is 167 Å². The van der Waals surface area contributed by atoms with Gasteiger partial charge in [-0.1, -0.05) is 35.9 Å². The summed E-state index contributed by atoms with van der Waals surface area (Å²) < 4.78 is 11.7. The van der Waals surface area contributed by atoms with Crippen LogP contribution in [0.15, 0.2) is 42.5 Å². The SMILES string of the molecule is COc1cccc([C@H]2CC(=O)Nc3n[nH]c(C)c32)c1OCc1ccc(Cl)cc1. The normalized spacial score (nSPS) is 15.7. The first-order chi connectivity index (χ1) is 13.6. The van der Waals surface area contributed by atoms with E-state index in [1.54, 1.807) is 7.11 Å². The first kappa shape index (κ1) is 18.4. The van der Waals surface area contributed by atoms with E-state index in [0.717, 1.165) is 22.4 Å². The standard InChI is InChI=1S/C21H20ClN3O3/c1-12-19-16(10-18(26)23-21(19)25-24-12)15-4-3-5-17(27-2)20(15)28-11-13-6-8-14(22)9-7-13/h3-9,16H,10-11H2,1-2H3,(H2,23,24,25,26)/t16-/m1/s1. The smallest absolute Gasteiger partial charge is 0.226 e. The quantitative estimate of drug-likeness (QED) is 0.667. The predicted octanol–water partition coefficient (Wildman–Crippen LogP) is 4.43. The monoisotopic (exact) mass is 397 g/mol. The van der Waals surface area contributed by atoms with E-state index in [9.17, 15) is 4.79 Å². The third-order valence-electron chi connectivity index (χ3n) is 4.89. The van der Waals surface area contributed by atoms with Gasteiger partial charge in [-0.15, -0.1) is 0 Å². The Kier molecular flexibility index (Phi) is 4.96. The summed E-state index contributed by atoms with van der Waals surface area (Å²) >= 11 is 5.96. The Morgan fingerprint density at radius 1 is 1.21 bits per heavy atom. The van der Waals surface area contributed by atoms with Gasteiger partial charge in [0.05, 0.1) is 7.11 Å². The van der Waals surface area contributed by atoms with Crippen LogP contribution in [0.3, 0.4) is 0 Å². The molecule has 2 N–H and O–H groups in total. The third kappa shape index (κ3) is 3.43. The Morgan fingerprint density at radius 3 is 2.75 bits per heavy atom. The van der Waals surface area contributed by atoms with Gasteiger partial charge in [0.25, 0.3) is 0 Å². The molecule has 0 saturated heterocycles. The van der Waals surface area contributed by atoms with Crippen LogP contribution in [0.4, 0.5) is 5.82 Å². The summed E-state index contributed by atoms with van der Waals surface area (Å²) in [6.07, 6.45) is 0.317. The number of amides is 1. The minimum atomic E-state index is -0.169. The van der Waals surface area contributed by atoms with Gasteiger partial charge in [0.2, 0.25) is 5.91 Å². The summed E-state index contributed by atoms with van der Waals surface area (Å²) in [6.45, 7) is 2.31. The highest BCUT2D eigenvalue weighted by molar-refractivity contribution is 6.30. The molecule has 2 heterocycles. The van der Waals surface area contributed by atoms with Gasteiger partial charge >= 0.3 is 0 Å². The van der Waals surface area contributed by atoms with E-state index in [4.69, 9.17) is 21.1 Å². The number of carbonyl (C=O) groups excluding carboxylic acids is 1. The molecule has 4 rings (SSSR count). The first-order valence-electron chi connectivity index (χ1n) is 8.95. The van der Waals surface area contributed by atoms with Crippen LogP contribution in [0, 0.1) is 6.92 Å². The molecule has 28 heavy (non-hydrogen) atoms. The van der Waals surface area contributed by atoms with E-state index in [1.807, 2.05) is 49.4 Å². The van der Waals surface area contributed by atoms with Crippen molar-refractivity contribution in [1.29, 1.82) is 0 Å². The van der Waals surface area contributed by atoms with Crippen LogP contribution in [-0.2, 0) is 11.4 Å². The number of nitrogens with one attached hydrogen (secondary N) is 2. The average Bonchev–Trinajstić information content (AvgIpc) is 3.07. The Balaban J connectivity index is 1.72. The summed E-state index contributed by atoms with van der Waals surface area (Å²) in [5.41, 5.74) is 3.78. The molecule has 0 spiro atoms. The Morgan fingerprint density at radius 2 is 2.00 bits per heavy atom. The number of aromatic nitrogens is 2. The summed E-state index contributed by atoms with van der Waals surface area (Å²) in [5, 5.41) is 10.7. The lowest BCUT2D eigenvalue weighted by Crippen LogP contribution is -2.24. The molecular weight excluding hydrogens is 378 g/mol. The number of carbonyl (C=O) groups is 1. The minimum Gasteiger partial charge on any atom is -0.493 e. The second-order valence-electron chi connectivity index (χ2n) is 6.71. The Hall–Kier alpha value is -2.99. The molecule has 144 valence electrons. The summed E-state index contributed by atoms with van der Waals surface area (Å²) in [5.74, 6) is 1.59. The average molecular weight is 398 g/mol. The van der Waals surface area contributed by atoms with Crippen LogP contribution in [0.25, 0.3) is 0 Å². The number of hydrogen-bond acceptors (Lipinski definition) is 4. The number of nitrogens with zero attached hydrogens (tertiary/aromatic N) is 1. The molecule has 1 aliphatic heterocycles. The van der Waals surface area contributed by atoms with Crippen molar-refractivity contribution in [2.24, 2.45) is 0 Å². The van der Waals surface area contributed by atoms with Gasteiger partial charge in [0.1, 0.15) is 6.61 Å². The van der Waals surface area contributed by atoms with Crippen molar-refractivity contribution < 1.29 is 14.3 Å². The van der Waals surface area contributed by atoms with Gasteiger partial charge in [-0.05, 0) is 30.7 Å². The molecule has 6 nitrogen and oxygen atoms in total. The van der Waals surface area contributed by atoms with Crippen LogP contribution in [0.2, 0.25) is 5.02 Å². The van der Waals surface area contributed by atoms with Crippen LogP contribution in [0.1, 0.15) is 34.7 Å². The van der Waals surface area contributed by atoms with Gasteiger partial charge in [-0.2, -0.15) is 5.10 Å². The maximum absolute atomic E-state index is 12.2. The van der Waals surface area contributed by atoms with Gasteiger partial charge < -0.3 is 14.8 Å². The molecule has 0 aliphatic carbocycles. The topological polar surface area (TPSA) is 76.2 Å². The van der Waals surface area contributed by atoms with Crippen molar-refractivity contribution in [3.63, 3.8) is 0 Å². The van der Waals surface area contributed by atoms with Crippen LogP contribution < -0.4 is 14.8 Å². The lowest BCUT2D eigenvalue weighted by Gasteiger charge is -2.25. The van der Waals surface area contributed by atoms with Crippen molar-refractivity contribution >= 4 is 23.3 Å². The van der Waals surface area contributed by atoms with E-state index in [2.05, 4.69) is 15.5 Å². The number of halogens is 1. The van der Waals surface area contributed by atoms with E-state index >= 15 is 0 Å². The number of H-pyrrole nitrogens is 1. The molecule has 0 radical (unpaired) electrons. The number of aromatic amines is 1. The van der Waals surface area contributed by atoms with Gasteiger partial charge in [-0.25, -0.2) is 0 Å². The van der Waals surface area contributed by atoms with Crippen LogP contribution in [-0.4, -0.2) is 23.2 Å². The predicted molar refractivity (Wildman–Crippen MR) is 107 cm³/mol. The number of rotatable bonds is 5. The largest absolute Gasteiger partial charge is 0.493 e. The van der Waals surface area contributed by atoms with Crippen LogP contribution >= 0.6 is 11.6 Å². The van der Waals surface area contributed by atoms with Crippen molar-refractivity contribution in [2.75, 3.05) is 12.4 Å². The number of hydrogen-bond donors (Lipinski definition) is 2. The molecule has 1 atom stereocenters. The van der Waals surface area contributed by atoms with Crippen molar-refractivity contribution in [1.82, 2.24) is 10.2 Å². The number of ether oxygens (including phenoxy) is 2. The number of methoxy groups -OCH3 is 1. The maximum Gasteiger partial charge on any atom is 0.226 e. The lowest BCUT2D eigenvalue weighted by atomic mass is 9.85. The first-order valence-corrected chi connectivity index (χ1v) is 9.33. The van der Waals surface area contributed by atoms with Gasteiger partial charge in [-0.3, -0.25) is 9.89 Å². The number of benzene rings is 2. The second-order valence-corrected chi connectivity index (χ2v) is 7.15. The molecule has 7 heteroatoms. The summed E-state index contributed by atoms with van der Waals surface area (Å²) in [7, 11) is 1.61. The molecule has 1 amide bonds. The third-order valence-corrected chi connectivity index (χ3v) is 5.14. The zero-order valence-corrected chi connectivity index (χ0v) is 16.3. The highest BCUT2D eigenvalue weighted by Gasteiger charge is 2.33. The molecule has 3 aromatic rings. The summed E-state index contributed by atoms with van der Waals surface area (Å²) in [6, 6.07) is 13.2. The number of aryl methyl sites for hydroxylation is 1. The zero-order valence-electron chi connectivity index (χ0n) is 15.6. The van der Waals surface area contributed by atoms with E-state index in [1.165, 1.54) is 0 Å². The van der Waals surface area contributed by atoms with Crippen molar-refractivity contribution in [2.45, 2.75) is 25.9 Å². The molecule has 0 unspecified atom stereocenters. The van der Waals surface area contributed by atoms with Crippen molar-refractivity contribution in [3.05, 3.63) is 69.9 Å². The van der Waals surface area contributed by atoms with E-state index in [-0.39, 0.29) is 11.8 Å².